The van der Waals surface area contributed by atoms with Crippen LogP contribution in [0.4, 0.5) is 5.69 Å². The number of fused-ring (bicyclic) bond motifs is 1. The molecule has 0 spiro atoms. The number of aromatic nitrogens is 1. The van der Waals surface area contributed by atoms with E-state index in [9.17, 15) is 4.79 Å². The van der Waals surface area contributed by atoms with Crippen molar-refractivity contribution in [3.63, 3.8) is 0 Å². The standard InChI is InChI=1S/C23H22N2O3S/c1-16-22(29-17(2)24-16)23(26)25(12-6-9-18-7-4-3-5-8-18)19-10-11-20-21(15-19)28-14-13-27-20/h3-11,15H,12-14H2,1-2H3/b9-6+. The molecule has 0 aliphatic carbocycles. The Morgan fingerprint density at radius 2 is 1.86 bits per heavy atom. The highest BCUT2D eigenvalue weighted by Crippen LogP contribution is 2.35. The molecular formula is C23H22N2O3S. The van der Waals surface area contributed by atoms with Crippen LogP contribution >= 0.6 is 11.3 Å². The number of hydrogen-bond acceptors (Lipinski definition) is 5. The van der Waals surface area contributed by atoms with E-state index in [1.165, 1.54) is 11.3 Å². The molecule has 0 saturated heterocycles. The average molecular weight is 407 g/mol. The molecule has 6 heteroatoms. The minimum Gasteiger partial charge on any atom is -0.486 e. The number of nitrogens with zero attached hydrogens (tertiary/aromatic N) is 2. The van der Waals surface area contributed by atoms with E-state index in [1.807, 2.05) is 74.5 Å². The highest BCUT2D eigenvalue weighted by Gasteiger charge is 2.23. The first-order valence-corrected chi connectivity index (χ1v) is 10.3. The molecule has 0 fully saturated rings. The molecular weight excluding hydrogens is 384 g/mol. The van der Waals surface area contributed by atoms with Gasteiger partial charge < -0.3 is 14.4 Å². The number of hydrogen-bond donors (Lipinski definition) is 0. The van der Waals surface area contributed by atoms with Gasteiger partial charge in [-0.25, -0.2) is 4.98 Å². The molecule has 2 aromatic carbocycles. The van der Waals surface area contributed by atoms with Gasteiger partial charge in [0.2, 0.25) is 0 Å². The van der Waals surface area contributed by atoms with E-state index in [1.54, 1.807) is 4.90 Å². The first-order chi connectivity index (χ1) is 14.1. The van der Waals surface area contributed by atoms with Crippen molar-refractivity contribution < 1.29 is 14.3 Å². The van der Waals surface area contributed by atoms with Crippen molar-refractivity contribution in [2.75, 3.05) is 24.7 Å². The number of ether oxygens (including phenoxy) is 2. The third-order valence-corrected chi connectivity index (χ3v) is 5.64. The van der Waals surface area contributed by atoms with Crippen molar-refractivity contribution in [2.24, 2.45) is 0 Å². The maximum absolute atomic E-state index is 13.4. The quantitative estimate of drug-likeness (QED) is 0.605. The number of carbonyl (C=O) groups is 1. The van der Waals surface area contributed by atoms with Crippen LogP contribution in [0, 0.1) is 13.8 Å². The molecule has 0 bridgehead atoms. The Bertz CT molecular complexity index is 1040. The Hall–Kier alpha value is -3.12. The highest BCUT2D eigenvalue weighted by molar-refractivity contribution is 7.13. The number of carbonyl (C=O) groups excluding carboxylic acids is 1. The second kappa shape index (κ2) is 8.49. The third-order valence-electron chi connectivity index (χ3n) is 4.58. The van der Waals surface area contributed by atoms with Crippen LogP contribution in [-0.2, 0) is 0 Å². The summed E-state index contributed by atoms with van der Waals surface area (Å²) >= 11 is 1.42. The van der Waals surface area contributed by atoms with Gasteiger partial charge in [0.15, 0.2) is 11.5 Å². The van der Waals surface area contributed by atoms with Crippen molar-refractivity contribution in [3.05, 3.63) is 75.7 Å². The Labute approximate surface area is 174 Å². The fourth-order valence-corrected chi connectivity index (χ4v) is 4.09. The lowest BCUT2D eigenvalue weighted by Gasteiger charge is -2.24. The molecule has 1 aliphatic rings. The number of anilines is 1. The first-order valence-electron chi connectivity index (χ1n) is 9.49. The van der Waals surface area contributed by atoms with Crippen LogP contribution in [0.15, 0.2) is 54.6 Å². The smallest absolute Gasteiger partial charge is 0.270 e. The van der Waals surface area contributed by atoms with E-state index in [0.717, 1.165) is 22.0 Å². The minimum absolute atomic E-state index is 0.0671. The van der Waals surface area contributed by atoms with Crippen LogP contribution in [-0.4, -0.2) is 30.6 Å². The van der Waals surface area contributed by atoms with Gasteiger partial charge in [0, 0.05) is 18.3 Å². The SMILES string of the molecule is Cc1nc(C)c(C(=O)N(C/C=C/c2ccccc2)c2ccc3c(c2)OCCO3)s1. The lowest BCUT2D eigenvalue weighted by atomic mass is 10.2. The van der Waals surface area contributed by atoms with E-state index in [-0.39, 0.29) is 5.91 Å². The Morgan fingerprint density at radius 1 is 1.10 bits per heavy atom. The number of amides is 1. The summed E-state index contributed by atoms with van der Waals surface area (Å²) in [4.78, 5) is 20.2. The molecule has 5 nitrogen and oxygen atoms in total. The number of benzene rings is 2. The molecule has 3 aromatic rings. The van der Waals surface area contributed by atoms with Crippen molar-refractivity contribution >= 4 is 29.0 Å². The van der Waals surface area contributed by atoms with Gasteiger partial charge in [-0.1, -0.05) is 42.5 Å². The number of rotatable bonds is 5. The Morgan fingerprint density at radius 3 is 2.59 bits per heavy atom. The van der Waals surface area contributed by atoms with E-state index >= 15 is 0 Å². The molecule has 0 N–H and O–H groups in total. The van der Waals surface area contributed by atoms with E-state index in [0.29, 0.717) is 36.1 Å². The summed E-state index contributed by atoms with van der Waals surface area (Å²) in [5, 5.41) is 0.882. The predicted molar refractivity (Wildman–Crippen MR) is 116 cm³/mol. The molecule has 4 rings (SSSR count). The molecule has 0 atom stereocenters. The van der Waals surface area contributed by atoms with Crippen molar-refractivity contribution in [3.8, 4) is 11.5 Å². The fourth-order valence-electron chi connectivity index (χ4n) is 3.22. The summed E-state index contributed by atoms with van der Waals surface area (Å²) in [6, 6.07) is 15.6. The maximum atomic E-state index is 13.4. The summed E-state index contributed by atoms with van der Waals surface area (Å²) in [5.41, 5.74) is 2.61. The third kappa shape index (κ3) is 4.32. The number of aryl methyl sites for hydroxylation is 2. The maximum Gasteiger partial charge on any atom is 0.270 e. The van der Waals surface area contributed by atoms with Crippen molar-refractivity contribution in [2.45, 2.75) is 13.8 Å². The summed E-state index contributed by atoms with van der Waals surface area (Å²) < 4.78 is 11.3. The zero-order valence-corrected chi connectivity index (χ0v) is 17.2. The predicted octanol–water partition coefficient (Wildman–Crippen LogP) is 4.89. The molecule has 0 unspecified atom stereocenters. The summed E-state index contributed by atoms with van der Waals surface area (Å²) in [7, 11) is 0. The van der Waals surface area contributed by atoms with Crippen LogP contribution in [0.5, 0.6) is 11.5 Å². The monoisotopic (exact) mass is 406 g/mol. The van der Waals surface area contributed by atoms with Crippen molar-refractivity contribution in [1.82, 2.24) is 4.98 Å². The molecule has 0 saturated carbocycles. The highest BCUT2D eigenvalue weighted by atomic mass is 32.1. The molecule has 1 amide bonds. The van der Waals surface area contributed by atoms with Crippen LogP contribution in [0.3, 0.4) is 0 Å². The van der Waals surface area contributed by atoms with Gasteiger partial charge in [0.25, 0.3) is 5.91 Å². The van der Waals surface area contributed by atoms with Gasteiger partial charge >= 0.3 is 0 Å². The minimum atomic E-state index is -0.0671. The largest absolute Gasteiger partial charge is 0.486 e. The lowest BCUT2D eigenvalue weighted by Crippen LogP contribution is -2.31. The van der Waals surface area contributed by atoms with E-state index in [4.69, 9.17) is 9.47 Å². The van der Waals surface area contributed by atoms with Gasteiger partial charge in [-0.2, -0.15) is 0 Å². The van der Waals surface area contributed by atoms with Gasteiger partial charge in [-0.05, 0) is 31.5 Å². The zero-order chi connectivity index (χ0) is 20.2. The normalized spacial score (nSPS) is 12.9. The molecule has 2 heterocycles. The first kappa shape index (κ1) is 19.2. The van der Waals surface area contributed by atoms with Gasteiger partial charge in [0.1, 0.15) is 18.1 Å². The van der Waals surface area contributed by atoms with Gasteiger partial charge in [-0.15, -0.1) is 11.3 Å². The van der Waals surface area contributed by atoms with E-state index < -0.39 is 0 Å². The second-order valence-electron chi connectivity index (χ2n) is 6.70. The van der Waals surface area contributed by atoms with Gasteiger partial charge in [0.05, 0.1) is 10.7 Å². The molecule has 148 valence electrons. The average Bonchev–Trinajstić information content (AvgIpc) is 3.09. The summed E-state index contributed by atoms with van der Waals surface area (Å²) in [5.74, 6) is 1.30. The van der Waals surface area contributed by atoms with Crippen molar-refractivity contribution in [1.29, 1.82) is 0 Å². The van der Waals surface area contributed by atoms with Crippen LogP contribution in [0.2, 0.25) is 0 Å². The topological polar surface area (TPSA) is 51.7 Å². The lowest BCUT2D eigenvalue weighted by molar-refractivity contribution is 0.0992. The van der Waals surface area contributed by atoms with E-state index in [2.05, 4.69) is 4.98 Å². The molecule has 0 radical (unpaired) electrons. The van der Waals surface area contributed by atoms with Crippen LogP contribution in [0.25, 0.3) is 6.08 Å². The summed E-state index contributed by atoms with van der Waals surface area (Å²) in [6.45, 7) is 5.26. The zero-order valence-electron chi connectivity index (χ0n) is 16.4. The number of thiazole rings is 1. The fraction of sp³-hybridized carbons (Fsp3) is 0.217. The second-order valence-corrected chi connectivity index (χ2v) is 7.91. The Kier molecular flexibility index (Phi) is 5.62. The summed E-state index contributed by atoms with van der Waals surface area (Å²) in [6.07, 6.45) is 4.01. The Balaban J connectivity index is 1.66. The molecule has 1 aromatic heterocycles. The van der Waals surface area contributed by atoms with Crippen LogP contribution in [0.1, 0.15) is 25.9 Å². The van der Waals surface area contributed by atoms with Gasteiger partial charge in [-0.3, -0.25) is 4.79 Å². The molecule has 1 aliphatic heterocycles. The van der Waals surface area contributed by atoms with Crippen LogP contribution < -0.4 is 14.4 Å². The molecule has 29 heavy (non-hydrogen) atoms.